The summed E-state index contributed by atoms with van der Waals surface area (Å²) in [5.74, 6) is -2.06. The van der Waals surface area contributed by atoms with E-state index >= 15 is 0 Å². The van der Waals surface area contributed by atoms with E-state index in [4.69, 9.17) is 16.7 Å². The summed E-state index contributed by atoms with van der Waals surface area (Å²) in [6, 6.07) is 2.77. The lowest BCUT2D eigenvalue weighted by molar-refractivity contribution is 0.0683. The highest BCUT2D eigenvalue weighted by Crippen LogP contribution is 2.37. The summed E-state index contributed by atoms with van der Waals surface area (Å²) in [5.41, 5.74) is 1.11. The van der Waals surface area contributed by atoms with Crippen LogP contribution in [0.3, 0.4) is 0 Å². The van der Waals surface area contributed by atoms with Gasteiger partial charge < -0.3 is 10.1 Å². The Bertz CT molecular complexity index is 1250. The minimum absolute atomic E-state index is 0.0821. The molecule has 1 saturated heterocycles. The van der Waals surface area contributed by atoms with Gasteiger partial charge in [0, 0.05) is 19.0 Å². The van der Waals surface area contributed by atoms with Crippen molar-refractivity contribution in [2.75, 3.05) is 13.1 Å². The fourth-order valence-electron chi connectivity index (χ4n) is 3.71. The third kappa shape index (κ3) is 4.20. The number of halogens is 2. The largest absolute Gasteiger partial charge is 0.475 e. The van der Waals surface area contributed by atoms with Gasteiger partial charge in [-0.25, -0.2) is 37.5 Å². The van der Waals surface area contributed by atoms with E-state index in [-0.39, 0.29) is 35.0 Å². The second kappa shape index (κ2) is 8.52. The van der Waals surface area contributed by atoms with Crippen molar-refractivity contribution < 1.29 is 22.7 Å². The zero-order valence-electron chi connectivity index (χ0n) is 16.7. The molecule has 3 aromatic heterocycles. The average Bonchev–Trinajstić information content (AvgIpc) is 3.15. The zero-order chi connectivity index (χ0) is 23.0. The highest BCUT2D eigenvalue weighted by molar-refractivity contribution is 7.89. The van der Waals surface area contributed by atoms with Gasteiger partial charge in [0.25, 0.3) is 0 Å². The molecule has 4 rings (SSSR count). The number of nitrogens with one attached hydrogen (secondary N) is 1. The summed E-state index contributed by atoms with van der Waals surface area (Å²) in [6.45, 7) is 2.34. The maximum absolute atomic E-state index is 13.1. The van der Waals surface area contributed by atoms with Crippen molar-refractivity contribution >= 4 is 27.6 Å². The van der Waals surface area contributed by atoms with Crippen molar-refractivity contribution in [2.45, 2.75) is 24.2 Å². The molecule has 0 amide bonds. The highest BCUT2D eigenvalue weighted by atomic mass is 35.5. The molecule has 1 fully saturated rings. The van der Waals surface area contributed by atoms with Gasteiger partial charge in [0.1, 0.15) is 16.4 Å². The van der Waals surface area contributed by atoms with Crippen LogP contribution in [0.5, 0.6) is 0 Å². The maximum atomic E-state index is 13.1. The second-order valence-corrected chi connectivity index (χ2v) is 9.73. The van der Waals surface area contributed by atoms with Crippen molar-refractivity contribution in [3.63, 3.8) is 0 Å². The molecule has 0 aromatic carbocycles. The lowest BCUT2D eigenvalue weighted by Crippen LogP contribution is -2.42. The van der Waals surface area contributed by atoms with E-state index in [1.165, 1.54) is 16.4 Å². The number of hydrogen-bond donors (Lipinski definition) is 2. The van der Waals surface area contributed by atoms with E-state index in [0.29, 0.717) is 23.6 Å². The van der Waals surface area contributed by atoms with Gasteiger partial charge in [-0.15, -0.1) is 0 Å². The lowest BCUT2D eigenvalue weighted by atomic mass is 9.86. The molecular formula is C19H18ClFN6O4S. The smallest absolute Gasteiger partial charge is 0.373 e. The molecule has 10 nitrogen and oxygen atoms in total. The van der Waals surface area contributed by atoms with E-state index in [2.05, 4.69) is 24.9 Å². The van der Waals surface area contributed by atoms with Gasteiger partial charge in [-0.3, -0.25) is 0 Å². The topological polar surface area (TPSA) is 142 Å². The Hall–Kier alpha value is -2.96. The number of aromatic carboxylic acids is 1. The SMILES string of the molecule is C[C@H]1CN(S(=O)(=O)c2cnc(C(=O)O)nc2)CC[C@H]1c1[nH]c(-c2ccc(F)cn2)nc1Cl. The van der Waals surface area contributed by atoms with Crippen molar-refractivity contribution in [1.82, 2.24) is 29.2 Å². The van der Waals surface area contributed by atoms with Crippen molar-refractivity contribution in [3.05, 3.63) is 53.2 Å². The van der Waals surface area contributed by atoms with Gasteiger partial charge >= 0.3 is 5.97 Å². The Morgan fingerprint density at radius 1 is 1.25 bits per heavy atom. The standard InChI is InChI=1S/C19H18ClFN6O4S/c1-10-9-27(32(30,31)12-7-23-18(19(28)29)24-8-12)5-4-13(10)15-16(20)26-17(25-15)14-3-2-11(21)6-22-14/h2-3,6-8,10,13H,4-5,9H2,1H3,(H,25,26)(H,28,29)/t10-,13+/m0/s1. The molecule has 0 saturated carbocycles. The van der Waals surface area contributed by atoms with Crippen LogP contribution < -0.4 is 0 Å². The van der Waals surface area contributed by atoms with Gasteiger partial charge in [-0.1, -0.05) is 18.5 Å². The van der Waals surface area contributed by atoms with Gasteiger partial charge in [0.15, 0.2) is 11.0 Å². The number of nitrogens with zero attached hydrogens (tertiary/aromatic N) is 5. The van der Waals surface area contributed by atoms with Gasteiger partial charge in [-0.2, -0.15) is 4.31 Å². The number of hydrogen-bond acceptors (Lipinski definition) is 7. The number of sulfonamides is 1. The predicted octanol–water partition coefficient (Wildman–Crippen LogP) is 2.57. The molecule has 2 atom stereocenters. The molecule has 1 aliphatic rings. The predicted molar refractivity (Wildman–Crippen MR) is 111 cm³/mol. The van der Waals surface area contributed by atoms with Crippen LogP contribution in [0.4, 0.5) is 4.39 Å². The summed E-state index contributed by atoms with van der Waals surface area (Å²) < 4.78 is 40.4. The Kier molecular flexibility index (Phi) is 5.93. The molecule has 0 bridgehead atoms. The van der Waals surface area contributed by atoms with E-state index in [1.54, 1.807) is 0 Å². The van der Waals surface area contributed by atoms with Crippen LogP contribution >= 0.6 is 11.6 Å². The monoisotopic (exact) mass is 480 g/mol. The van der Waals surface area contributed by atoms with Crippen molar-refractivity contribution in [3.8, 4) is 11.5 Å². The van der Waals surface area contributed by atoms with Crippen LogP contribution in [0.1, 0.15) is 35.6 Å². The number of carboxylic acid groups (broad SMARTS) is 1. The number of imidazole rings is 1. The van der Waals surface area contributed by atoms with Gasteiger partial charge in [0.05, 0.1) is 24.3 Å². The second-order valence-electron chi connectivity index (χ2n) is 7.43. The number of aromatic amines is 1. The summed E-state index contributed by atoms with van der Waals surface area (Å²) in [6.07, 6.45) is 3.56. The molecule has 4 heterocycles. The summed E-state index contributed by atoms with van der Waals surface area (Å²) in [4.78, 5) is 29.3. The summed E-state index contributed by atoms with van der Waals surface area (Å²) >= 11 is 6.35. The summed E-state index contributed by atoms with van der Waals surface area (Å²) in [5, 5.41) is 9.15. The first-order valence-electron chi connectivity index (χ1n) is 9.59. The van der Waals surface area contributed by atoms with Crippen LogP contribution in [-0.4, -0.2) is 61.8 Å². The van der Waals surface area contributed by atoms with Crippen LogP contribution in [-0.2, 0) is 10.0 Å². The van der Waals surface area contributed by atoms with E-state index < -0.39 is 27.6 Å². The number of carboxylic acids is 1. The molecule has 2 N–H and O–H groups in total. The molecule has 0 unspecified atom stereocenters. The summed E-state index contributed by atoms with van der Waals surface area (Å²) in [7, 11) is -3.88. The lowest BCUT2D eigenvalue weighted by Gasteiger charge is -2.35. The molecule has 168 valence electrons. The maximum Gasteiger partial charge on any atom is 0.373 e. The molecule has 0 aliphatic carbocycles. The highest BCUT2D eigenvalue weighted by Gasteiger charge is 2.36. The molecule has 1 aliphatic heterocycles. The Morgan fingerprint density at radius 3 is 2.56 bits per heavy atom. The quantitative estimate of drug-likeness (QED) is 0.567. The minimum Gasteiger partial charge on any atom is -0.475 e. The Morgan fingerprint density at radius 2 is 1.97 bits per heavy atom. The fraction of sp³-hybridized carbons (Fsp3) is 0.316. The first-order valence-corrected chi connectivity index (χ1v) is 11.4. The van der Waals surface area contributed by atoms with Crippen LogP contribution in [0, 0.1) is 11.7 Å². The van der Waals surface area contributed by atoms with Crippen LogP contribution in [0.2, 0.25) is 5.15 Å². The normalized spacial score (nSPS) is 19.7. The van der Waals surface area contributed by atoms with Crippen molar-refractivity contribution in [2.24, 2.45) is 5.92 Å². The number of pyridine rings is 1. The number of carbonyl (C=O) groups is 1. The molecule has 0 spiro atoms. The molecule has 13 heteroatoms. The number of piperidine rings is 1. The van der Waals surface area contributed by atoms with Gasteiger partial charge in [-0.05, 0) is 24.5 Å². The molecular weight excluding hydrogens is 463 g/mol. The molecule has 3 aromatic rings. The number of rotatable bonds is 5. The first-order chi connectivity index (χ1) is 15.2. The minimum atomic E-state index is -3.88. The van der Waals surface area contributed by atoms with Gasteiger partial charge in [0.2, 0.25) is 15.8 Å². The first kappa shape index (κ1) is 22.2. The average molecular weight is 481 g/mol. The fourth-order valence-corrected chi connectivity index (χ4v) is 5.43. The third-order valence-electron chi connectivity index (χ3n) is 5.35. The number of aromatic nitrogens is 5. The van der Waals surface area contributed by atoms with E-state index in [0.717, 1.165) is 18.6 Å². The van der Waals surface area contributed by atoms with Crippen LogP contribution in [0.15, 0.2) is 35.6 Å². The van der Waals surface area contributed by atoms with Crippen LogP contribution in [0.25, 0.3) is 11.5 Å². The zero-order valence-corrected chi connectivity index (χ0v) is 18.3. The third-order valence-corrected chi connectivity index (χ3v) is 7.46. The molecule has 0 radical (unpaired) electrons. The Balaban J connectivity index is 1.52. The Labute approximate surface area is 187 Å². The van der Waals surface area contributed by atoms with E-state index in [9.17, 15) is 17.6 Å². The molecule has 32 heavy (non-hydrogen) atoms. The van der Waals surface area contributed by atoms with E-state index in [1.807, 2.05) is 6.92 Å². The number of H-pyrrole nitrogens is 1. The van der Waals surface area contributed by atoms with Crippen molar-refractivity contribution in [1.29, 1.82) is 0 Å².